The van der Waals surface area contributed by atoms with Crippen molar-refractivity contribution < 1.29 is 4.52 Å². The zero-order valence-corrected chi connectivity index (χ0v) is 10.5. The van der Waals surface area contributed by atoms with Gasteiger partial charge in [-0.05, 0) is 25.5 Å². The van der Waals surface area contributed by atoms with Gasteiger partial charge >= 0.3 is 0 Å². The third-order valence-corrected chi connectivity index (χ3v) is 3.19. The van der Waals surface area contributed by atoms with Crippen LogP contribution in [0.25, 0.3) is 0 Å². The molecule has 4 heteroatoms. The largest absolute Gasteiger partial charge is 0.383 e. The molecule has 1 N–H and O–H groups in total. The first-order valence-electron chi connectivity index (χ1n) is 6.33. The monoisotopic (exact) mass is 243 g/mol. The lowest BCUT2D eigenvalue weighted by atomic mass is 10.2. The van der Waals surface area contributed by atoms with E-state index in [2.05, 4.69) is 39.6 Å². The summed E-state index contributed by atoms with van der Waals surface area (Å²) in [5, 5.41) is 7.40. The summed E-state index contributed by atoms with van der Waals surface area (Å²) >= 11 is 0. The fourth-order valence-corrected chi connectivity index (χ4v) is 2.36. The second-order valence-corrected chi connectivity index (χ2v) is 4.65. The van der Waals surface area contributed by atoms with E-state index in [0.717, 1.165) is 37.5 Å². The summed E-state index contributed by atoms with van der Waals surface area (Å²) in [6, 6.07) is 10.4. The minimum atomic E-state index is 0.777. The highest BCUT2D eigenvalue weighted by Crippen LogP contribution is 2.29. The average molecular weight is 243 g/mol. The molecule has 1 aliphatic rings. The highest BCUT2D eigenvalue weighted by Gasteiger charge is 2.16. The Kier molecular flexibility index (Phi) is 2.92. The molecule has 0 bridgehead atoms. The van der Waals surface area contributed by atoms with Crippen LogP contribution in [-0.2, 0) is 6.54 Å². The number of aromatic nitrogens is 1. The van der Waals surface area contributed by atoms with Crippen LogP contribution in [0.15, 0.2) is 34.9 Å². The second-order valence-electron chi connectivity index (χ2n) is 4.65. The number of fused-ring (bicyclic) bond motifs is 1. The average Bonchev–Trinajstić information content (AvgIpc) is 2.68. The zero-order chi connectivity index (χ0) is 12.4. The molecule has 0 fully saturated rings. The van der Waals surface area contributed by atoms with Crippen molar-refractivity contribution >= 4 is 11.4 Å². The molecule has 1 aliphatic heterocycles. The van der Waals surface area contributed by atoms with Gasteiger partial charge in [0.1, 0.15) is 0 Å². The van der Waals surface area contributed by atoms with Gasteiger partial charge in [0.15, 0.2) is 5.76 Å². The number of hydrogen-bond acceptors (Lipinski definition) is 4. The first-order valence-corrected chi connectivity index (χ1v) is 6.33. The molecule has 0 saturated heterocycles. The maximum Gasteiger partial charge on any atom is 0.156 e. The smallest absolute Gasteiger partial charge is 0.156 e. The third kappa shape index (κ3) is 2.18. The number of aryl methyl sites for hydroxylation is 1. The van der Waals surface area contributed by atoms with E-state index in [9.17, 15) is 0 Å². The Balaban J connectivity index is 1.87. The van der Waals surface area contributed by atoms with Crippen LogP contribution in [-0.4, -0.2) is 18.2 Å². The lowest BCUT2D eigenvalue weighted by Gasteiger charge is -2.22. The number of rotatable bonds is 2. The standard InChI is InChI=1S/C14H17N3O/c1-11-9-12(18-16-11)10-17-8-4-7-15-13-5-2-3-6-14(13)17/h2-3,5-6,9,15H,4,7-8,10H2,1H3. The van der Waals surface area contributed by atoms with Gasteiger partial charge in [-0.25, -0.2) is 0 Å². The molecule has 2 aromatic rings. The van der Waals surface area contributed by atoms with Crippen molar-refractivity contribution in [3.05, 3.63) is 41.8 Å². The Bertz CT molecular complexity index is 535. The Morgan fingerprint density at radius 1 is 1.39 bits per heavy atom. The van der Waals surface area contributed by atoms with E-state index in [-0.39, 0.29) is 0 Å². The minimum Gasteiger partial charge on any atom is -0.383 e. The molecule has 4 nitrogen and oxygen atoms in total. The van der Waals surface area contributed by atoms with Crippen molar-refractivity contribution in [3.8, 4) is 0 Å². The summed E-state index contributed by atoms with van der Waals surface area (Å²) < 4.78 is 5.31. The summed E-state index contributed by atoms with van der Waals surface area (Å²) in [5.41, 5.74) is 3.38. The van der Waals surface area contributed by atoms with Crippen LogP contribution in [0, 0.1) is 6.92 Å². The molecule has 0 amide bonds. The SMILES string of the molecule is Cc1cc(CN2CCCNc3ccccc32)on1. The maximum atomic E-state index is 5.31. The Labute approximate surface area is 107 Å². The topological polar surface area (TPSA) is 41.3 Å². The molecular formula is C14H17N3O. The molecule has 94 valence electrons. The molecule has 0 aliphatic carbocycles. The first kappa shape index (κ1) is 11.1. The molecule has 3 rings (SSSR count). The third-order valence-electron chi connectivity index (χ3n) is 3.19. The predicted molar refractivity (Wildman–Crippen MR) is 71.8 cm³/mol. The molecule has 1 aromatic heterocycles. The van der Waals surface area contributed by atoms with Crippen LogP contribution in [0.1, 0.15) is 17.9 Å². The van der Waals surface area contributed by atoms with Crippen LogP contribution in [0.5, 0.6) is 0 Å². The molecular weight excluding hydrogens is 226 g/mol. The van der Waals surface area contributed by atoms with Crippen molar-refractivity contribution in [1.82, 2.24) is 5.16 Å². The quantitative estimate of drug-likeness (QED) is 0.880. The van der Waals surface area contributed by atoms with Gasteiger partial charge in [0.05, 0.1) is 23.6 Å². The first-order chi connectivity index (χ1) is 8.83. The van der Waals surface area contributed by atoms with E-state index in [1.165, 1.54) is 11.4 Å². The highest BCUT2D eigenvalue weighted by atomic mass is 16.5. The summed E-state index contributed by atoms with van der Waals surface area (Å²) in [4.78, 5) is 2.34. The Morgan fingerprint density at radius 2 is 2.28 bits per heavy atom. The van der Waals surface area contributed by atoms with E-state index in [0.29, 0.717) is 0 Å². The van der Waals surface area contributed by atoms with Crippen molar-refractivity contribution in [2.24, 2.45) is 0 Å². The van der Waals surface area contributed by atoms with Crippen LogP contribution in [0.3, 0.4) is 0 Å². The lowest BCUT2D eigenvalue weighted by Crippen LogP contribution is -2.22. The van der Waals surface area contributed by atoms with E-state index < -0.39 is 0 Å². The molecule has 18 heavy (non-hydrogen) atoms. The van der Waals surface area contributed by atoms with Crippen LogP contribution >= 0.6 is 0 Å². The number of benzene rings is 1. The molecule has 2 heterocycles. The molecule has 0 spiro atoms. The van der Waals surface area contributed by atoms with Gasteiger partial charge in [-0.1, -0.05) is 17.3 Å². The minimum absolute atomic E-state index is 0.777. The van der Waals surface area contributed by atoms with Gasteiger partial charge in [0.2, 0.25) is 0 Å². The van der Waals surface area contributed by atoms with Crippen molar-refractivity contribution in [1.29, 1.82) is 0 Å². The summed E-state index contributed by atoms with van der Waals surface area (Å²) in [6.45, 7) is 4.77. The number of para-hydroxylation sites is 2. The molecule has 1 aromatic carbocycles. The number of hydrogen-bond donors (Lipinski definition) is 1. The Morgan fingerprint density at radius 3 is 3.11 bits per heavy atom. The summed E-state index contributed by atoms with van der Waals surface area (Å²) in [7, 11) is 0. The highest BCUT2D eigenvalue weighted by molar-refractivity contribution is 5.70. The molecule has 0 saturated carbocycles. The van der Waals surface area contributed by atoms with Crippen LogP contribution < -0.4 is 10.2 Å². The number of nitrogens with one attached hydrogen (secondary N) is 1. The van der Waals surface area contributed by atoms with Crippen molar-refractivity contribution in [3.63, 3.8) is 0 Å². The van der Waals surface area contributed by atoms with Gasteiger partial charge in [-0.3, -0.25) is 0 Å². The molecule has 0 atom stereocenters. The van der Waals surface area contributed by atoms with Crippen LogP contribution in [0.2, 0.25) is 0 Å². The van der Waals surface area contributed by atoms with Crippen LogP contribution in [0.4, 0.5) is 11.4 Å². The fraction of sp³-hybridized carbons (Fsp3) is 0.357. The van der Waals surface area contributed by atoms with E-state index in [4.69, 9.17) is 4.52 Å². The van der Waals surface area contributed by atoms with E-state index in [1.807, 2.05) is 13.0 Å². The van der Waals surface area contributed by atoms with Crippen molar-refractivity contribution in [2.75, 3.05) is 23.3 Å². The van der Waals surface area contributed by atoms with Gasteiger partial charge in [-0.15, -0.1) is 0 Å². The van der Waals surface area contributed by atoms with Gasteiger partial charge in [-0.2, -0.15) is 0 Å². The predicted octanol–water partition coefficient (Wildman–Crippen LogP) is 2.81. The summed E-state index contributed by atoms with van der Waals surface area (Å²) in [6.07, 6.45) is 1.13. The lowest BCUT2D eigenvalue weighted by molar-refractivity contribution is 0.377. The molecule has 0 unspecified atom stereocenters. The normalized spacial score (nSPS) is 14.8. The summed E-state index contributed by atoms with van der Waals surface area (Å²) in [5.74, 6) is 0.921. The van der Waals surface area contributed by atoms with Gasteiger partial charge in [0.25, 0.3) is 0 Å². The van der Waals surface area contributed by atoms with E-state index in [1.54, 1.807) is 0 Å². The van der Waals surface area contributed by atoms with Crippen molar-refractivity contribution in [2.45, 2.75) is 19.9 Å². The second kappa shape index (κ2) is 4.72. The maximum absolute atomic E-state index is 5.31. The Hall–Kier alpha value is -1.97. The van der Waals surface area contributed by atoms with Gasteiger partial charge in [0, 0.05) is 19.2 Å². The van der Waals surface area contributed by atoms with Gasteiger partial charge < -0.3 is 14.7 Å². The number of anilines is 2. The van der Waals surface area contributed by atoms with E-state index >= 15 is 0 Å². The zero-order valence-electron chi connectivity index (χ0n) is 10.5. The fourth-order valence-electron chi connectivity index (χ4n) is 2.36. The number of nitrogens with zero attached hydrogens (tertiary/aromatic N) is 2. The molecule has 0 radical (unpaired) electrons.